The molecule has 2 rings (SSSR count). The fourth-order valence-corrected chi connectivity index (χ4v) is 1.84. The largest absolute Gasteiger partial charge is 0.508 e. The average Bonchev–Trinajstić information content (AvgIpc) is 2.74. The summed E-state index contributed by atoms with van der Waals surface area (Å²) in [5.74, 6) is 0.307. The van der Waals surface area contributed by atoms with Crippen LogP contribution in [-0.4, -0.2) is 10.1 Å². The van der Waals surface area contributed by atoms with Crippen LogP contribution in [-0.2, 0) is 13.1 Å². The standard InChI is InChI=1S/C11H12N2OS/c14-10-3-1-9(2-4-10)5-12-6-11-7-13-8-15-11/h1-4,7-8,12,14H,5-6H2. The summed E-state index contributed by atoms with van der Waals surface area (Å²) in [6.45, 7) is 1.64. The molecule has 1 aromatic carbocycles. The predicted octanol–water partition coefficient (Wildman–Crippen LogP) is 2.14. The number of phenolic OH excluding ortho intramolecular Hbond substituents is 1. The van der Waals surface area contributed by atoms with Crippen molar-refractivity contribution in [2.24, 2.45) is 0 Å². The molecule has 0 bridgehead atoms. The molecule has 15 heavy (non-hydrogen) atoms. The molecule has 1 aromatic heterocycles. The second kappa shape index (κ2) is 4.91. The maximum Gasteiger partial charge on any atom is 0.115 e. The molecule has 0 unspecified atom stereocenters. The fourth-order valence-electron chi connectivity index (χ4n) is 1.27. The van der Waals surface area contributed by atoms with Crippen molar-refractivity contribution in [3.63, 3.8) is 0 Å². The van der Waals surface area contributed by atoms with Crippen molar-refractivity contribution in [3.05, 3.63) is 46.4 Å². The van der Waals surface area contributed by atoms with Crippen molar-refractivity contribution >= 4 is 11.3 Å². The van der Waals surface area contributed by atoms with Gasteiger partial charge in [0.25, 0.3) is 0 Å². The monoisotopic (exact) mass is 220 g/mol. The first-order valence-electron chi connectivity index (χ1n) is 4.70. The lowest BCUT2D eigenvalue weighted by molar-refractivity contribution is 0.475. The molecule has 0 radical (unpaired) electrons. The predicted molar refractivity (Wildman–Crippen MR) is 60.8 cm³/mol. The van der Waals surface area contributed by atoms with Crippen LogP contribution in [0.3, 0.4) is 0 Å². The Labute approximate surface area is 92.4 Å². The molecular formula is C11H12N2OS. The lowest BCUT2D eigenvalue weighted by atomic mass is 10.2. The quantitative estimate of drug-likeness (QED) is 0.829. The first kappa shape index (κ1) is 10.1. The Bertz CT molecular complexity index is 397. The summed E-state index contributed by atoms with van der Waals surface area (Å²) in [6.07, 6.45) is 1.87. The minimum atomic E-state index is 0.307. The van der Waals surface area contributed by atoms with Gasteiger partial charge in [-0.05, 0) is 17.7 Å². The molecule has 0 fully saturated rings. The molecule has 2 N–H and O–H groups in total. The lowest BCUT2D eigenvalue weighted by Gasteiger charge is -2.02. The van der Waals surface area contributed by atoms with Crippen molar-refractivity contribution in [1.29, 1.82) is 0 Å². The number of thiazole rings is 1. The molecule has 0 atom stereocenters. The highest BCUT2D eigenvalue weighted by Crippen LogP contribution is 2.10. The molecule has 0 spiro atoms. The van der Waals surface area contributed by atoms with Gasteiger partial charge in [0.2, 0.25) is 0 Å². The number of hydrogen-bond acceptors (Lipinski definition) is 4. The third-order valence-corrected chi connectivity index (χ3v) is 2.83. The number of aromatic nitrogens is 1. The maximum absolute atomic E-state index is 9.11. The normalized spacial score (nSPS) is 10.4. The third-order valence-electron chi connectivity index (χ3n) is 2.05. The van der Waals surface area contributed by atoms with Gasteiger partial charge < -0.3 is 10.4 Å². The van der Waals surface area contributed by atoms with Crippen molar-refractivity contribution in [2.75, 3.05) is 0 Å². The highest BCUT2D eigenvalue weighted by molar-refractivity contribution is 7.09. The number of nitrogens with one attached hydrogen (secondary N) is 1. The van der Waals surface area contributed by atoms with E-state index in [0.717, 1.165) is 18.7 Å². The van der Waals surface area contributed by atoms with Gasteiger partial charge in [0.1, 0.15) is 5.75 Å². The van der Waals surface area contributed by atoms with Crippen molar-refractivity contribution in [2.45, 2.75) is 13.1 Å². The minimum absolute atomic E-state index is 0.307. The van der Waals surface area contributed by atoms with Crippen molar-refractivity contribution in [1.82, 2.24) is 10.3 Å². The third kappa shape index (κ3) is 3.04. The number of benzene rings is 1. The van der Waals surface area contributed by atoms with Gasteiger partial charge in [-0.15, -0.1) is 11.3 Å². The first-order valence-corrected chi connectivity index (χ1v) is 5.58. The van der Waals surface area contributed by atoms with Crippen LogP contribution in [0.2, 0.25) is 0 Å². The Morgan fingerprint density at radius 1 is 1.20 bits per heavy atom. The van der Waals surface area contributed by atoms with Gasteiger partial charge in [-0.3, -0.25) is 4.98 Å². The Morgan fingerprint density at radius 2 is 2.00 bits per heavy atom. The molecule has 0 saturated heterocycles. The van der Waals surface area contributed by atoms with E-state index in [0.29, 0.717) is 5.75 Å². The highest BCUT2D eigenvalue weighted by Gasteiger charge is 1.95. The van der Waals surface area contributed by atoms with Crippen LogP contribution >= 0.6 is 11.3 Å². The number of phenols is 1. The van der Waals surface area contributed by atoms with Crippen molar-refractivity contribution < 1.29 is 5.11 Å². The summed E-state index contributed by atoms with van der Waals surface area (Å²) < 4.78 is 0. The molecular weight excluding hydrogens is 208 g/mol. The minimum Gasteiger partial charge on any atom is -0.508 e. The van der Waals surface area contributed by atoms with E-state index in [1.54, 1.807) is 23.5 Å². The van der Waals surface area contributed by atoms with Crippen LogP contribution in [0.15, 0.2) is 36.0 Å². The van der Waals surface area contributed by atoms with Gasteiger partial charge >= 0.3 is 0 Å². The molecule has 0 aliphatic carbocycles. The molecule has 4 heteroatoms. The van der Waals surface area contributed by atoms with Crippen LogP contribution in [0.5, 0.6) is 5.75 Å². The van der Waals surface area contributed by atoms with Crippen LogP contribution < -0.4 is 5.32 Å². The van der Waals surface area contributed by atoms with Gasteiger partial charge in [-0.25, -0.2) is 0 Å². The Morgan fingerprint density at radius 3 is 2.67 bits per heavy atom. The summed E-state index contributed by atoms with van der Waals surface area (Å²) in [7, 11) is 0. The van der Waals surface area contributed by atoms with Gasteiger partial charge in [0, 0.05) is 24.2 Å². The summed E-state index contributed by atoms with van der Waals surface area (Å²) in [4.78, 5) is 5.24. The van der Waals surface area contributed by atoms with E-state index in [1.165, 1.54) is 4.88 Å². The van der Waals surface area contributed by atoms with Gasteiger partial charge in [0.15, 0.2) is 0 Å². The molecule has 0 amide bonds. The van der Waals surface area contributed by atoms with E-state index in [1.807, 2.05) is 23.8 Å². The Kier molecular flexibility index (Phi) is 3.32. The molecule has 78 valence electrons. The van der Waals surface area contributed by atoms with E-state index in [2.05, 4.69) is 10.3 Å². The average molecular weight is 220 g/mol. The van der Waals surface area contributed by atoms with Crippen LogP contribution in [0, 0.1) is 0 Å². The second-order valence-electron chi connectivity index (χ2n) is 3.24. The van der Waals surface area contributed by atoms with E-state index in [-0.39, 0.29) is 0 Å². The Balaban J connectivity index is 1.81. The number of rotatable bonds is 4. The zero-order valence-electron chi connectivity index (χ0n) is 8.18. The molecule has 0 saturated carbocycles. The summed E-state index contributed by atoms with van der Waals surface area (Å²) in [5.41, 5.74) is 3.00. The van der Waals surface area contributed by atoms with Crippen molar-refractivity contribution in [3.8, 4) is 5.75 Å². The zero-order chi connectivity index (χ0) is 10.5. The zero-order valence-corrected chi connectivity index (χ0v) is 9.00. The van der Waals surface area contributed by atoms with E-state index in [9.17, 15) is 0 Å². The van der Waals surface area contributed by atoms with Gasteiger partial charge in [-0.1, -0.05) is 12.1 Å². The number of hydrogen-bond donors (Lipinski definition) is 2. The van der Waals surface area contributed by atoms with Gasteiger partial charge in [-0.2, -0.15) is 0 Å². The topological polar surface area (TPSA) is 45.1 Å². The van der Waals surface area contributed by atoms with Crippen LogP contribution in [0.1, 0.15) is 10.4 Å². The number of nitrogens with zero attached hydrogens (tertiary/aromatic N) is 1. The maximum atomic E-state index is 9.11. The molecule has 2 aromatic rings. The van der Waals surface area contributed by atoms with Gasteiger partial charge in [0.05, 0.1) is 5.51 Å². The molecule has 1 heterocycles. The Hall–Kier alpha value is -1.39. The summed E-state index contributed by atoms with van der Waals surface area (Å²) in [5, 5.41) is 12.4. The van der Waals surface area contributed by atoms with E-state index < -0.39 is 0 Å². The fraction of sp³-hybridized carbons (Fsp3) is 0.182. The summed E-state index contributed by atoms with van der Waals surface area (Å²) in [6, 6.07) is 7.22. The molecule has 3 nitrogen and oxygen atoms in total. The van der Waals surface area contributed by atoms with E-state index >= 15 is 0 Å². The first-order chi connectivity index (χ1) is 7.34. The molecule has 0 aliphatic heterocycles. The highest BCUT2D eigenvalue weighted by atomic mass is 32.1. The second-order valence-corrected chi connectivity index (χ2v) is 4.21. The summed E-state index contributed by atoms with van der Waals surface area (Å²) >= 11 is 1.65. The lowest BCUT2D eigenvalue weighted by Crippen LogP contribution is -2.11. The van der Waals surface area contributed by atoms with Crippen LogP contribution in [0.25, 0.3) is 0 Å². The SMILES string of the molecule is Oc1ccc(CNCc2cncs2)cc1. The van der Waals surface area contributed by atoms with E-state index in [4.69, 9.17) is 5.11 Å². The molecule has 0 aliphatic rings. The smallest absolute Gasteiger partial charge is 0.115 e. The number of aromatic hydroxyl groups is 1. The van der Waals surface area contributed by atoms with Crippen LogP contribution in [0.4, 0.5) is 0 Å².